The van der Waals surface area contributed by atoms with E-state index in [9.17, 15) is 4.79 Å². The fourth-order valence-corrected chi connectivity index (χ4v) is 1.38. The van der Waals surface area contributed by atoms with Crippen molar-refractivity contribution in [2.24, 2.45) is 5.90 Å². The van der Waals surface area contributed by atoms with Gasteiger partial charge in [0, 0.05) is 0 Å². The normalized spacial score (nSPS) is 10.0. The van der Waals surface area contributed by atoms with Gasteiger partial charge in [0.25, 0.3) is 0 Å². The highest BCUT2D eigenvalue weighted by molar-refractivity contribution is 5.90. The van der Waals surface area contributed by atoms with Crippen molar-refractivity contribution in [3.8, 4) is 5.75 Å². The Morgan fingerprint density at radius 2 is 2.27 bits per heavy atom. The van der Waals surface area contributed by atoms with Crippen LogP contribution in [0, 0.1) is 0 Å². The maximum atomic E-state index is 10.8. The first-order valence-electron chi connectivity index (χ1n) is 4.92. The van der Waals surface area contributed by atoms with Crippen LogP contribution >= 0.6 is 0 Å². The van der Waals surface area contributed by atoms with E-state index in [-0.39, 0.29) is 11.3 Å². The van der Waals surface area contributed by atoms with E-state index >= 15 is 0 Å². The largest absolute Gasteiger partial charge is 0.478 e. The summed E-state index contributed by atoms with van der Waals surface area (Å²) < 4.78 is 0. The predicted molar refractivity (Wildman–Crippen MR) is 56.8 cm³/mol. The number of aromatic carboxylic acids is 1. The Morgan fingerprint density at radius 3 is 2.80 bits per heavy atom. The number of aryl methyl sites for hydroxylation is 1. The van der Waals surface area contributed by atoms with E-state index in [0.717, 1.165) is 24.8 Å². The minimum Gasteiger partial charge on any atom is -0.478 e. The molecule has 0 saturated carbocycles. The molecule has 4 nitrogen and oxygen atoms in total. The van der Waals surface area contributed by atoms with Crippen molar-refractivity contribution in [3.63, 3.8) is 0 Å². The number of hydrogen-bond acceptors (Lipinski definition) is 3. The molecule has 0 heterocycles. The van der Waals surface area contributed by atoms with Crippen molar-refractivity contribution < 1.29 is 14.7 Å². The molecule has 82 valence electrons. The monoisotopic (exact) mass is 209 g/mol. The molecule has 0 bridgehead atoms. The molecule has 0 fully saturated rings. The molecule has 3 N–H and O–H groups in total. The van der Waals surface area contributed by atoms with Crippen LogP contribution in [0.3, 0.4) is 0 Å². The smallest absolute Gasteiger partial charge is 0.339 e. The predicted octanol–water partition coefficient (Wildman–Crippen LogP) is 1.98. The number of rotatable bonds is 5. The SMILES string of the molecule is CCCCc1ccc(C(=O)O)c(ON)c1. The fourth-order valence-electron chi connectivity index (χ4n) is 1.38. The second-order valence-electron chi connectivity index (χ2n) is 3.36. The highest BCUT2D eigenvalue weighted by Crippen LogP contribution is 2.20. The first-order valence-corrected chi connectivity index (χ1v) is 4.92. The molecule has 15 heavy (non-hydrogen) atoms. The summed E-state index contributed by atoms with van der Waals surface area (Å²) in [6, 6.07) is 5.00. The molecule has 0 aliphatic heterocycles. The highest BCUT2D eigenvalue weighted by Gasteiger charge is 2.11. The fraction of sp³-hybridized carbons (Fsp3) is 0.364. The molecule has 0 spiro atoms. The Balaban J connectivity index is 2.92. The van der Waals surface area contributed by atoms with Gasteiger partial charge in [-0.25, -0.2) is 4.79 Å². The maximum Gasteiger partial charge on any atom is 0.339 e. The van der Waals surface area contributed by atoms with E-state index < -0.39 is 5.97 Å². The third kappa shape index (κ3) is 2.95. The van der Waals surface area contributed by atoms with E-state index in [2.05, 4.69) is 11.8 Å². The van der Waals surface area contributed by atoms with Crippen LogP contribution in [0.2, 0.25) is 0 Å². The summed E-state index contributed by atoms with van der Waals surface area (Å²) >= 11 is 0. The van der Waals surface area contributed by atoms with Crippen LogP contribution in [0.15, 0.2) is 18.2 Å². The Morgan fingerprint density at radius 1 is 1.53 bits per heavy atom. The van der Waals surface area contributed by atoms with Crippen molar-refractivity contribution in [1.29, 1.82) is 0 Å². The number of carboxylic acid groups (broad SMARTS) is 1. The van der Waals surface area contributed by atoms with Gasteiger partial charge in [-0.2, -0.15) is 5.90 Å². The van der Waals surface area contributed by atoms with E-state index in [0.29, 0.717) is 0 Å². The zero-order chi connectivity index (χ0) is 11.3. The van der Waals surface area contributed by atoms with Gasteiger partial charge in [0.2, 0.25) is 0 Å². The van der Waals surface area contributed by atoms with Gasteiger partial charge in [0.1, 0.15) is 5.56 Å². The Hall–Kier alpha value is -1.55. The molecule has 1 aromatic carbocycles. The summed E-state index contributed by atoms with van der Waals surface area (Å²) in [5.41, 5.74) is 1.14. The van der Waals surface area contributed by atoms with Crippen LogP contribution < -0.4 is 10.7 Å². The second kappa shape index (κ2) is 5.36. The van der Waals surface area contributed by atoms with Crippen LogP contribution in [0.25, 0.3) is 0 Å². The van der Waals surface area contributed by atoms with Crippen molar-refractivity contribution in [1.82, 2.24) is 0 Å². The molecule has 0 saturated heterocycles. The number of nitrogens with two attached hydrogens (primary N) is 1. The van der Waals surface area contributed by atoms with Crippen LogP contribution in [0.4, 0.5) is 0 Å². The first kappa shape index (κ1) is 11.5. The molecule has 4 heteroatoms. The van der Waals surface area contributed by atoms with E-state index in [4.69, 9.17) is 11.0 Å². The van der Waals surface area contributed by atoms with E-state index in [1.54, 1.807) is 12.1 Å². The molecule has 0 amide bonds. The van der Waals surface area contributed by atoms with Crippen LogP contribution in [-0.4, -0.2) is 11.1 Å². The summed E-state index contributed by atoms with van der Waals surface area (Å²) in [6.07, 6.45) is 3.07. The number of benzene rings is 1. The average molecular weight is 209 g/mol. The number of carboxylic acids is 1. The first-order chi connectivity index (χ1) is 7.19. The topological polar surface area (TPSA) is 72.5 Å². The molecule has 1 aromatic rings. The Labute approximate surface area is 88.6 Å². The third-order valence-corrected chi connectivity index (χ3v) is 2.22. The van der Waals surface area contributed by atoms with E-state index in [1.165, 1.54) is 6.07 Å². The summed E-state index contributed by atoms with van der Waals surface area (Å²) in [5.74, 6) is 4.21. The van der Waals surface area contributed by atoms with Crippen molar-refractivity contribution >= 4 is 5.97 Å². The molecule has 0 aliphatic carbocycles. The van der Waals surface area contributed by atoms with Gasteiger partial charge >= 0.3 is 5.97 Å². The lowest BCUT2D eigenvalue weighted by Crippen LogP contribution is -2.08. The molecular formula is C11H15NO3. The van der Waals surface area contributed by atoms with Gasteiger partial charge in [-0.3, -0.25) is 0 Å². The lowest BCUT2D eigenvalue weighted by molar-refractivity contribution is 0.0692. The third-order valence-electron chi connectivity index (χ3n) is 2.22. The second-order valence-corrected chi connectivity index (χ2v) is 3.36. The standard InChI is InChI=1S/C11H15NO3/c1-2-3-4-8-5-6-9(11(13)14)10(7-8)15-12/h5-7H,2-4,12H2,1H3,(H,13,14). The number of unbranched alkanes of at least 4 members (excludes halogenated alkanes) is 1. The molecule has 1 rings (SSSR count). The highest BCUT2D eigenvalue weighted by atomic mass is 16.6. The van der Waals surface area contributed by atoms with Gasteiger partial charge in [-0.1, -0.05) is 19.4 Å². The molecule has 0 unspecified atom stereocenters. The van der Waals surface area contributed by atoms with Gasteiger partial charge in [0.15, 0.2) is 5.75 Å². The zero-order valence-electron chi connectivity index (χ0n) is 8.69. The lowest BCUT2D eigenvalue weighted by atomic mass is 10.1. The van der Waals surface area contributed by atoms with Gasteiger partial charge in [0.05, 0.1) is 0 Å². The summed E-state index contributed by atoms with van der Waals surface area (Å²) in [6.45, 7) is 2.10. The van der Waals surface area contributed by atoms with Gasteiger partial charge in [-0.15, -0.1) is 0 Å². The van der Waals surface area contributed by atoms with Crippen molar-refractivity contribution in [2.75, 3.05) is 0 Å². The molecule has 0 aromatic heterocycles. The lowest BCUT2D eigenvalue weighted by Gasteiger charge is -2.06. The maximum absolute atomic E-state index is 10.8. The molecule has 0 aliphatic rings. The molecule has 0 atom stereocenters. The zero-order valence-corrected chi connectivity index (χ0v) is 8.69. The Kier molecular flexibility index (Phi) is 4.12. The molecular weight excluding hydrogens is 194 g/mol. The van der Waals surface area contributed by atoms with Crippen molar-refractivity contribution in [3.05, 3.63) is 29.3 Å². The van der Waals surface area contributed by atoms with Gasteiger partial charge < -0.3 is 9.94 Å². The number of hydrogen-bond donors (Lipinski definition) is 2. The average Bonchev–Trinajstić information content (AvgIpc) is 2.25. The van der Waals surface area contributed by atoms with Crippen molar-refractivity contribution in [2.45, 2.75) is 26.2 Å². The summed E-state index contributed by atoms with van der Waals surface area (Å²) in [7, 11) is 0. The van der Waals surface area contributed by atoms with E-state index in [1.807, 2.05) is 0 Å². The Bertz CT molecular complexity index is 350. The quantitative estimate of drug-likeness (QED) is 0.727. The van der Waals surface area contributed by atoms with Crippen LogP contribution in [0.5, 0.6) is 5.75 Å². The number of carbonyl (C=O) groups is 1. The minimum absolute atomic E-state index is 0.0951. The van der Waals surface area contributed by atoms with Gasteiger partial charge in [-0.05, 0) is 30.5 Å². The summed E-state index contributed by atoms with van der Waals surface area (Å²) in [5, 5.41) is 8.83. The minimum atomic E-state index is -1.03. The summed E-state index contributed by atoms with van der Waals surface area (Å²) in [4.78, 5) is 15.3. The van der Waals surface area contributed by atoms with Crippen LogP contribution in [-0.2, 0) is 6.42 Å². The van der Waals surface area contributed by atoms with Crippen LogP contribution in [0.1, 0.15) is 35.7 Å². The molecule has 0 radical (unpaired) electrons.